The molecular formula is C8H13O2. The van der Waals surface area contributed by atoms with Gasteiger partial charge in [0.2, 0.25) is 0 Å². The lowest BCUT2D eigenvalue weighted by molar-refractivity contribution is -0.123. The van der Waals surface area contributed by atoms with E-state index >= 15 is 0 Å². The predicted octanol–water partition coefficient (Wildman–Crippen LogP) is 1.57. The number of hydrogen-bond donors (Lipinski definition) is 0. The van der Waals surface area contributed by atoms with E-state index < -0.39 is 0 Å². The molecule has 0 saturated heterocycles. The lowest BCUT2D eigenvalue weighted by atomic mass is 10.0. The summed E-state index contributed by atoms with van der Waals surface area (Å²) in [6.07, 6.45) is 4.66. The number of ketones is 1. The Balaban J connectivity index is 2.25. The summed E-state index contributed by atoms with van der Waals surface area (Å²) in [5.74, 6) is 0.446. The quantitative estimate of drug-likeness (QED) is 0.587. The van der Waals surface area contributed by atoms with Gasteiger partial charge in [-0.1, -0.05) is 12.8 Å². The first-order chi connectivity index (χ1) is 4.84. The molecule has 0 atom stereocenters. The smallest absolute Gasteiger partial charge is 0.138 e. The molecule has 1 fully saturated rings. The summed E-state index contributed by atoms with van der Waals surface area (Å²) < 4.78 is 0. The largest absolute Gasteiger partial charge is 0.299 e. The molecule has 1 saturated carbocycles. The third-order valence-corrected chi connectivity index (χ3v) is 2.16. The Morgan fingerprint density at radius 1 is 1.30 bits per heavy atom. The molecule has 1 radical (unpaired) electrons. The van der Waals surface area contributed by atoms with E-state index in [1.165, 1.54) is 12.8 Å². The number of carbonyl (C=O) groups is 1. The SMILES string of the molecule is [O]CCC(=O)C1CCCC1. The molecule has 0 bridgehead atoms. The van der Waals surface area contributed by atoms with E-state index in [-0.39, 0.29) is 24.7 Å². The van der Waals surface area contributed by atoms with Crippen molar-refractivity contribution in [3.63, 3.8) is 0 Å². The summed E-state index contributed by atoms with van der Waals surface area (Å²) in [6, 6.07) is 0. The zero-order valence-electron chi connectivity index (χ0n) is 6.14. The van der Waals surface area contributed by atoms with Crippen molar-refractivity contribution in [2.45, 2.75) is 32.1 Å². The Hall–Kier alpha value is -0.370. The second-order valence-electron chi connectivity index (χ2n) is 2.90. The first kappa shape index (κ1) is 7.73. The van der Waals surface area contributed by atoms with Crippen LogP contribution in [0.5, 0.6) is 0 Å². The fourth-order valence-corrected chi connectivity index (χ4v) is 1.55. The van der Waals surface area contributed by atoms with Crippen molar-refractivity contribution in [1.82, 2.24) is 0 Å². The molecule has 1 aliphatic carbocycles. The van der Waals surface area contributed by atoms with Gasteiger partial charge in [0.05, 0.1) is 6.61 Å². The molecule has 0 aromatic heterocycles. The molecular weight excluding hydrogens is 128 g/mol. The second kappa shape index (κ2) is 3.71. The van der Waals surface area contributed by atoms with Gasteiger partial charge in [-0.2, -0.15) is 0 Å². The molecule has 2 nitrogen and oxygen atoms in total. The number of Topliss-reactive ketones (excluding diaryl/α,β-unsaturated/α-hetero) is 1. The molecule has 10 heavy (non-hydrogen) atoms. The van der Waals surface area contributed by atoms with Crippen molar-refractivity contribution in [2.75, 3.05) is 6.61 Å². The maximum absolute atomic E-state index is 11.0. The van der Waals surface area contributed by atoms with Crippen LogP contribution >= 0.6 is 0 Å². The molecule has 57 valence electrons. The van der Waals surface area contributed by atoms with E-state index in [4.69, 9.17) is 0 Å². The minimum absolute atomic E-state index is 0.201. The monoisotopic (exact) mass is 141 g/mol. The van der Waals surface area contributed by atoms with Crippen molar-refractivity contribution < 1.29 is 9.90 Å². The fraction of sp³-hybridized carbons (Fsp3) is 0.875. The van der Waals surface area contributed by atoms with Gasteiger partial charge in [-0.3, -0.25) is 4.79 Å². The number of hydrogen-bond acceptors (Lipinski definition) is 1. The highest BCUT2D eigenvalue weighted by Gasteiger charge is 2.21. The Kier molecular flexibility index (Phi) is 2.87. The van der Waals surface area contributed by atoms with Gasteiger partial charge in [0, 0.05) is 12.3 Å². The first-order valence-electron chi connectivity index (χ1n) is 3.95. The molecule has 0 aromatic rings. The van der Waals surface area contributed by atoms with E-state index in [0.717, 1.165) is 12.8 Å². The van der Waals surface area contributed by atoms with Gasteiger partial charge < -0.3 is 0 Å². The Morgan fingerprint density at radius 3 is 2.40 bits per heavy atom. The van der Waals surface area contributed by atoms with Gasteiger partial charge in [0.25, 0.3) is 0 Å². The average Bonchev–Trinajstić information content (AvgIpc) is 2.38. The zero-order chi connectivity index (χ0) is 7.40. The molecule has 0 N–H and O–H groups in total. The Labute approximate surface area is 61.2 Å². The molecule has 0 unspecified atom stereocenters. The van der Waals surface area contributed by atoms with Crippen molar-refractivity contribution in [2.24, 2.45) is 5.92 Å². The molecule has 0 heterocycles. The standard InChI is InChI=1S/C8H13O2/c9-6-5-8(10)7-3-1-2-4-7/h7H,1-6H2. The maximum atomic E-state index is 11.0. The maximum Gasteiger partial charge on any atom is 0.138 e. The lowest BCUT2D eigenvalue weighted by Crippen LogP contribution is -2.11. The van der Waals surface area contributed by atoms with Crippen LogP contribution in [0.25, 0.3) is 0 Å². The average molecular weight is 141 g/mol. The van der Waals surface area contributed by atoms with Crippen LogP contribution in [0, 0.1) is 5.92 Å². The van der Waals surface area contributed by atoms with Gasteiger partial charge in [-0.15, -0.1) is 0 Å². The van der Waals surface area contributed by atoms with E-state index in [1.54, 1.807) is 0 Å². The molecule has 0 spiro atoms. The molecule has 1 rings (SSSR count). The minimum atomic E-state index is -0.227. The summed E-state index contributed by atoms with van der Waals surface area (Å²) in [5, 5.41) is 10.1. The molecule has 0 amide bonds. The molecule has 0 aliphatic heterocycles. The fourth-order valence-electron chi connectivity index (χ4n) is 1.55. The van der Waals surface area contributed by atoms with Crippen molar-refractivity contribution in [3.05, 3.63) is 0 Å². The van der Waals surface area contributed by atoms with Crippen LogP contribution in [0.2, 0.25) is 0 Å². The number of carbonyl (C=O) groups excluding carboxylic acids is 1. The Morgan fingerprint density at radius 2 is 1.90 bits per heavy atom. The van der Waals surface area contributed by atoms with Crippen LogP contribution in [0.4, 0.5) is 0 Å². The van der Waals surface area contributed by atoms with Crippen LogP contribution in [0.15, 0.2) is 0 Å². The van der Waals surface area contributed by atoms with E-state index in [1.807, 2.05) is 0 Å². The van der Waals surface area contributed by atoms with Gasteiger partial charge in [-0.25, -0.2) is 5.11 Å². The van der Waals surface area contributed by atoms with Gasteiger partial charge in [0.15, 0.2) is 0 Å². The first-order valence-corrected chi connectivity index (χ1v) is 3.95. The summed E-state index contributed by atoms with van der Waals surface area (Å²) >= 11 is 0. The topological polar surface area (TPSA) is 37.0 Å². The van der Waals surface area contributed by atoms with Crippen molar-refractivity contribution in [3.8, 4) is 0 Å². The van der Waals surface area contributed by atoms with Crippen LogP contribution in [-0.2, 0) is 9.90 Å². The third-order valence-electron chi connectivity index (χ3n) is 2.16. The van der Waals surface area contributed by atoms with Gasteiger partial charge in [-0.05, 0) is 12.8 Å². The van der Waals surface area contributed by atoms with Crippen LogP contribution in [-0.4, -0.2) is 12.4 Å². The van der Waals surface area contributed by atoms with Crippen molar-refractivity contribution >= 4 is 5.78 Å². The number of rotatable bonds is 3. The predicted molar refractivity (Wildman–Crippen MR) is 37.1 cm³/mol. The van der Waals surface area contributed by atoms with Crippen molar-refractivity contribution in [1.29, 1.82) is 0 Å². The van der Waals surface area contributed by atoms with Gasteiger partial charge >= 0.3 is 0 Å². The molecule has 2 heteroatoms. The van der Waals surface area contributed by atoms with Crippen LogP contribution < -0.4 is 0 Å². The highest BCUT2D eigenvalue weighted by atomic mass is 16.3. The highest BCUT2D eigenvalue weighted by molar-refractivity contribution is 5.81. The second-order valence-corrected chi connectivity index (χ2v) is 2.90. The zero-order valence-corrected chi connectivity index (χ0v) is 6.14. The summed E-state index contributed by atoms with van der Waals surface area (Å²) in [5.41, 5.74) is 0. The molecule has 0 aromatic carbocycles. The summed E-state index contributed by atoms with van der Waals surface area (Å²) in [6.45, 7) is -0.227. The Bertz CT molecular complexity index is 114. The van der Waals surface area contributed by atoms with Gasteiger partial charge in [0.1, 0.15) is 5.78 Å². The van der Waals surface area contributed by atoms with Crippen LogP contribution in [0.3, 0.4) is 0 Å². The van der Waals surface area contributed by atoms with Crippen LogP contribution in [0.1, 0.15) is 32.1 Å². The van der Waals surface area contributed by atoms with E-state index in [2.05, 4.69) is 0 Å². The summed E-state index contributed by atoms with van der Waals surface area (Å²) in [4.78, 5) is 11.0. The highest BCUT2D eigenvalue weighted by Crippen LogP contribution is 2.26. The van der Waals surface area contributed by atoms with E-state index in [0.29, 0.717) is 0 Å². The summed E-state index contributed by atoms with van der Waals surface area (Å²) in [7, 11) is 0. The molecule has 1 aliphatic rings. The third kappa shape index (κ3) is 1.81. The minimum Gasteiger partial charge on any atom is -0.299 e. The normalized spacial score (nSPS) is 19.7. The lowest BCUT2D eigenvalue weighted by Gasteiger charge is -2.03. The van der Waals surface area contributed by atoms with E-state index in [9.17, 15) is 9.90 Å².